The van der Waals surface area contributed by atoms with Crippen LogP contribution in [0.5, 0.6) is 5.75 Å². The van der Waals surface area contributed by atoms with Gasteiger partial charge in [0.05, 0.1) is 19.4 Å². The minimum absolute atomic E-state index is 0.0107. The lowest BCUT2D eigenvalue weighted by Crippen LogP contribution is -2.62. The molecule has 0 radical (unpaired) electrons. The maximum Gasteiger partial charge on any atom is 0.245 e. The second-order valence-corrected chi connectivity index (χ2v) is 23.1. The standard InChI is InChI=1S/C60H83N17O15S2/c1-30(2)20-40(52(85)69-38(14-9-19-66-60(64)65)51(84)70-39(50(63)83)21-33-15-17-35(80)18-16-33)71-59(92)47(29-94)77-53(86)41(22-32-10-5-4-6-11-32)72-57(90)45(27-78)76-56(89)44(25-49(62)82)74-54(87)42(23-34-26-67-37-13-8-7-12-36(34)37)73-55(88)43(24-48(61)81)75-58(91)46(28-93)68-31(3)79/h4-8,10-13,15-18,26,30,38-47,67,78,80,93-94H,9,14,19-25,27-29H2,1-3H3,(H2,61,81)(H2,62,82)(H2,63,83)(H,68,79)(H,69,85)(H,70,84)(H,71,92)(H,72,90)(H,73,88)(H,74,87)(H,75,91)(H,76,89)(H,77,86)(H4,64,65,66)/t38-,39-,40-,41-,42-,43-,44-,45-,46-,47-/m0/s1. The molecule has 0 aliphatic carbocycles. The van der Waals surface area contributed by atoms with Gasteiger partial charge < -0.3 is 96.6 Å². The number of hydrogen-bond acceptors (Lipinski definition) is 18. The Bertz CT molecular complexity index is 3340. The molecule has 0 unspecified atom stereocenters. The van der Waals surface area contributed by atoms with E-state index < -0.39 is 157 Å². The number of guanidine groups is 1. The number of carbonyl (C=O) groups is 13. The Morgan fingerprint density at radius 1 is 0.500 bits per heavy atom. The Hall–Kier alpha value is -9.96. The summed E-state index contributed by atoms with van der Waals surface area (Å²) in [6.45, 7) is 3.58. The number of aliphatic hydroxyl groups is 1. The lowest BCUT2D eigenvalue weighted by Gasteiger charge is -2.28. The Morgan fingerprint density at radius 3 is 1.44 bits per heavy atom. The van der Waals surface area contributed by atoms with Crippen LogP contribution < -0.4 is 81.4 Å². The van der Waals surface area contributed by atoms with E-state index in [0.29, 0.717) is 27.6 Å². The molecule has 0 fully saturated rings. The van der Waals surface area contributed by atoms with E-state index in [1.54, 1.807) is 68.4 Å². The van der Waals surface area contributed by atoms with Crippen molar-refractivity contribution in [2.24, 2.45) is 28.9 Å². The quantitative estimate of drug-likeness (QED) is 0.00862. The molecule has 34 heteroatoms. The third-order valence-electron chi connectivity index (χ3n) is 14.2. The van der Waals surface area contributed by atoms with Crippen LogP contribution in [0.3, 0.4) is 0 Å². The van der Waals surface area contributed by atoms with E-state index >= 15 is 0 Å². The van der Waals surface area contributed by atoms with Crippen molar-refractivity contribution < 1.29 is 72.5 Å². The summed E-state index contributed by atoms with van der Waals surface area (Å²) in [5.74, 6) is -14.3. The number of fused-ring (bicyclic) bond motifs is 1. The van der Waals surface area contributed by atoms with E-state index in [-0.39, 0.29) is 74.2 Å². The fraction of sp³-hybridized carbons (Fsp3) is 0.433. The van der Waals surface area contributed by atoms with Crippen LogP contribution in [0.15, 0.2) is 85.1 Å². The normalized spacial score (nSPS) is 14.2. The minimum Gasteiger partial charge on any atom is -0.508 e. The average molecular weight is 1350 g/mol. The number of aromatic hydroxyl groups is 1. The summed E-state index contributed by atoms with van der Waals surface area (Å²) in [5, 5.41) is 55.5. The Labute approximate surface area is 551 Å². The highest BCUT2D eigenvalue weighted by molar-refractivity contribution is 7.80. The topological polar surface area (TPSA) is 538 Å². The predicted octanol–water partition coefficient (Wildman–Crippen LogP) is -4.83. The van der Waals surface area contributed by atoms with E-state index in [1.165, 1.54) is 30.5 Å². The van der Waals surface area contributed by atoms with E-state index in [4.69, 9.17) is 28.3 Å². The molecule has 510 valence electrons. The van der Waals surface area contributed by atoms with Gasteiger partial charge in [0, 0.05) is 61.3 Å². The van der Waals surface area contributed by atoms with Gasteiger partial charge >= 0.3 is 0 Å². The lowest BCUT2D eigenvalue weighted by molar-refractivity contribution is -0.137. The molecule has 0 aliphatic rings. The number of nitrogens with one attached hydrogen (secondary N) is 13. The molecule has 0 bridgehead atoms. The van der Waals surface area contributed by atoms with E-state index in [2.05, 4.69) is 88.7 Å². The maximum absolute atomic E-state index is 14.4. The number of rotatable bonds is 39. The molecule has 13 amide bonds. The molecule has 1 heterocycles. The third-order valence-corrected chi connectivity index (χ3v) is 15.0. The SMILES string of the molecule is CC(=O)N[C@@H](CS)C(=O)N[C@@H](CC(N)=O)C(=O)N[C@@H](Cc1c[nH]c2ccccc12)C(=O)N[C@@H](CC(N)=O)C(=O)N[C@@H](CO)C(=O)N[C@@H](Cc1ccccc1)C(=O)N[C@@H](CS)C(=O)N[C@@H](CC(C)C)C(=O)N[C@@H](CCCNC(=N)N)C(=O)N[C@@H](Cc1ccc(O)cc1)C(N)=O. The number of para-hydroxylation sites is 1. The molecule has 0 spiro atoms. The smallest absolute Gasteiger partial charge is 0.245 e. The van der Waals surface area contributed by atoms with Crippen molar-refractivity contribution in [3.63, 3.8) is 0 Å². The summed E-state index contributed by atoms with van der Waals surface area (Å²) < 4.78 is 0. The van der Waals surface area contributed by atoms with Crippen LogP contribution >= 0.6 is 25.3 Å². The van der Waals surface area contributed by atoms with E-state index in [0.717, 1.165) is 6.92 Å². The zero-order valence-corrected chi connectivity index (χ0v) is 53.6. The number of hydrogen-bond donors (Lipinski definition) is 21. The van der Waals surface area contributed by atoms with Crippen LogP contribution in [-0.4, -0.2) is 183 Å². The van der Waals surface area contributed by atoms with Crippen LogP contribution in [0.2, 0.25) is 0 Å². The Kier molecular flexibility index (Phi) is 31.0. The number of amides is 13. The summed E-state index contributed by atoms with van der Waals surface area (Å²) in [4.78, 5) is 179. The van der Waals surface area contributed by atoms with E-state index in [1.807, 2.05) is 0 Å². The zero-order valence-electron chi connectivity index (χ0n) is 51.8. The molecule has 0 saturated carbocycles. The first-order valence-corrected chi connectivity index (χ1v) is 30.9. The van der Waals surface area contributed by atoms with Crippen LogP contribution in [0, 0.1) is 11.3 Å². The molecule has 10 atom stereocenters. The lowest BCUT2D eigenvalue weighted by atomic mass is 10.0. The number of H-pyrrole nitrogens is 1. The predicted molar refractivity (Wildman–Crippen MR) is 349 cm³/mol. The molecule has 0 saturated heterocycles. The molecule has 23 N–H and O–H groups in total. The second-order valence-electron chi connectivity index (χ2n) is 22.3. The van der Waals surface area contributed by atoms with Gasteiger partial charge in [-0.05, 0) is 60.1 Å². The molecule has 4 rings (SSSR count). The van der Waals surface area contributed by atoms with Gasteiger partial charge in [0.25, 0.3) is 0 Å². The second kappa shape index (κ2) is 38.1. The van der Waals surface area contributed by atoms with Gasteiger partial charge in [-0.25, -0.2) is 0 Å². The summed E-state index contributed by atoms with van der Waals surface area (Å²) >= 11 is 8.38. The van der Waals surface area contributed by atoms with Crippen molar-refractivity contribution >= 4 is 119 Å². The number of benzene rings is 3. The number of phenolic OH excluding ortho intramolecular Hbond substituents is 1. The zero-order chi connectivity index (χ0) is 69.8. The highest BCUT2D eigenvalue weighted by atomic mass is 32.1. The van der Waals surface area contributed by atoms with Crippen molar-refractivity contribution in [2.45, 2.75) is 133 Å². The minimum atomic E-state index is -1.93. The first kappa shape index (κ1) is 76.5. The molecular formula is C60H83N17O15S2. The van der Waals surface area contributed by atoms with Crippen molar-refractivity contribution in [1.82, 2.24) is 63.5 Å². The molecule has 32 nitrogen and oxygen atoms in total. The van der Waals surface area contributed by atoms with Gasteiger partial charge in [-0.15, -0.1) is 0 Å². The van der Waals surface area contributed by atoms with Gasteiger partial charge in [-0.1, -0.05) is 74.5 Å². The molecule has 0 aliphatic heterocycles. The van der Waals surface area contributed by atoms with Crippen LogP contribution in [0.1, 0.15) is 69.6 Å². The number of nitrogens with two attached hydrogens (primary N) is 4. The van der Waals surface area contributed by atoms with Crippen molar-refractivity contribution in [1.29, 1.82) is 5.41 Å². The van der Waals surface area contributed by atoms with Gasteiger partial charge in [-0.2, -0.15) is 25.3 Å². The largest absolute Gasteiger partial charge is 0.508 e. The van der Waals surface area contributed by atoms with Crippen LogP contribution in [0.25, 0.3) is 10.9 Å². The first-order valence-electron chi connectivity index (χ1n) is 29.7. The highest BCUT2D eigenvalue weighted by Crippen LogP contribution is 2.20. The molecule has 94 heavy (non-hydrogen) atoms. The first-order chi connectivity index (χ1) is 44.5. The number of aromatic amines is 1. The number of phenols is 1. The highest BCUT2D eigenvalue weighted by Gasteiger charge is 2.37. The number of carbonyl (C=O) groups excluding carboxylic acids is 13. The van der Waals surface area contributed by atoms with Gasteiger partial charge in [0.2, 0.25) is 76.8 Å². The molecule has 4 aromatic rings. The molecular weight excluding hydrogens is 1260 g/mol. The number of primary amides is 3. The third kappa shape index (κ3) is 25.6. The monoisotopic (exact) mass is 1350 g/mol. The summed E-state index contributed by atoms with van der Waals surface area (Å²) in [5.41, 5.74) is 24.1. The maximum atomic E-state index is 14.4. The molecule has 1 aromatic heterocycles. The number of aliphatic hydroxyl groups excluding tert-OH is 1. The van der Waals surface area contributed by atoms with Crippen molar-refractivity contribution in [2.75, 3.05) is 24.7 Å². The fourth-order valence-electron chi connectivity index (χ4n) is 9.48. The Morgan fingerprint density at radius 2 is 0.915 bits per heavy atom. The summed E-state index contributed by atoms with van der Waals surface area (Å²) in [6, 6.07) is 5.18. The summed E-state index contributed by atoms with van der Waals surface area (Å²) in [6.07, 6.45) is -0.775. The van der Waals surface area contributed by atoms with Crippen molar-refractivity contribution in [3.8, 4) is 5.75 Å². The van der Waals surface area contributed by atoms with Crippen LogP contribution in [0.4, 0.5) is 0 Å². The summed E-state index contributed by atoms with van der Waals surface area (Å²) in [7, 11) is 0. The van der Waals surface area contributed by atoms with Crippen molar-refractivity contribution in [3.05, 3.63) is 102 Å². The van der Waals surface area contributed by atoms with Gasteiger partial charge in [0.15, 0.2) is 5.96 Å². The number of aromatic nitrogens is 1. The fourth-order valence-corrected chi connectivity index (χ4v) is 9.99. The average Bonchev–Trinajstić information content (AvgIpc) is 1.62. The van der Waals surface area contributed by atoms with Gasteiger partial charge in [0.1, 0.15) is 66.2 Å². The van der Waals surface area contributed by atoms with Gasteiger partial charge in [-0.3, -0.25) is 67.7 Å². The number of thiol groups is 2. The van der Waals surface area contributed by atoms with Crippen LogP contribution in [-0.2, 0) is 81.6 Å². The molecule has 3 aromatic carbocycles. The Balaban J connectivity index is 1.57. The van der Waals surface area contributed by atoms with E-state index in [9.17, 15) is 72.5 Å².